The Balaban J connectivity index is 2.59. The van der Waals surface area contributed by atoms with Crippen molar-refractivity contribution in [1.82, 2.24) is 0 Å². The van der Waals surface area contributed by atoms with Gasteiger partial charge in [0.25, 0.3) is 0 Å². The Labute approximate surface area is 149 Å². The van der Waals surface area contributed by atoms with Crippen molar-refractivity contribution in [3.63, 3.8) is 0 Å². The van der Waals surface area contributed by atoms with Crippen LogP contribution in [0.3, 0.4) is 0 Å². The van der Waals surface area contributed by atoms with Gasteiger partial charge in [-0.25, -0.2) is 0 Å². The first-order valence-corrected chi connectivity index (χ1v) is 7.92. The average Bonchev–Trinajstić information content (AvgIpc) is 2.59. The van der Waals surface area contributed by atoms with Crippen LogP contribution in [0.5, 0.6) is 0 Å². The Hall–Kier alpha value is -2.84. The summed E-state index contributed by atoms with van der Waals surface area (Å²) in [5.41, 5.74) is 9.22. The summed E-state index contributed by atoms with van der Waals surface area (Å²) in [6.45, 7) is 0. The average molecular weight is 360 g/mol. The first-order chi connectivity index (χ1) is 12.1. The Morgan fingerprint density at radius 3 is 1.27 bits per heavy atom. The van der Waals surface area contributed by atoms with Crippen LogP contribution < -0.4 is 11.5 Å². The largest absolute Gasteiger partial charge is 0.480 e. The van der Waals surface area contributed by atoms with Crippen LogP contribution >= 0.6 is 0 Å². The minimum Gasteiger partial charge on any atom is -0.480 e. The second-order valence-corrected chi connectivity index (χ2v) is 6.52. The maximum absolute atomic E-state index is 11.6. The maximum Gasteiger partial charge on any atom is 0.320 e. The highest BCUT2D eigenvalue weighted by Crippen LogP contribution is 2.52. The molecule has 8 nitrogen and oxygen atoms in total. The summed E-state index contributed by atoms with van der Waals surface area (Å²) in [4.78, 5) is 45.8. The van der Waals surface area contributed by atoms with Gasteiger partial charge in [-0.15, -0.1) is 0 Å². The molecule has 138 valence electrons. The third-order valence-corrected chi connectivity index (χ3v) is 4.80. The molecule has 0 fully saturated rings. The molecule has 0 radical (unpaired) electrons. The van der Waals surface area contributed by atoms with Crippen LogP contribution in [-0.4, -0.2) is 45.8 Å². The van der Waals surface area contributed by atoms with E-state index in [9.17, 15) is 29.4 Å². The van der Waals surface area contributed by atoms with Crippen molar-refractivity contribution in [2.75, 3.05) is 0 Å². The summed E-state index contributed by atoms with van der Waals surface area (Å²) in [6.07, 6.45) is 10.9. The first-order valence-electron chi connectivity index (χ1n) is 7.92. The van der Waals surface area contributed by atoms with E-state index in [-0.39, 0.29) is 24.4 Å². The van der Waals surface area contributed by atoms with Crippen LogP contribution in [-0.2, 0) is 19.2 Å². The molecular weight excluding hydrogens is 340 g/mol. The van der Waals surface area contributed by atoms with E-state index in [0.717, 1.165) is 0 Å². The molecule has 0 spiro atoms. The van der Waals surface area contributed by atoms with Crippen LogP contribution in [0, 0.1) is 10.8 Å². The Morgan fingerprint density at radius 1 is 0.769 bits per heavy atom. The van der Waals surface area contributed by atoms with Gasteiger partial charge < -0.3 is 21.7 Å². The van der Waals surface area contributed by atoms with E-state index in [4.69, 9.17) is 11.5 Å². The standard InChI is InChI=1S/C18H20N2O6/c19-13(15(23)24)9-17(5-1-11(21)2-6-17)18(10-14(20)16(25)26)7-3-12(22)4-8-18/h1-8,13-14H,9-10,19-20H2,(H,23,24)(H,25,26)/t13-,14-/m0/s1. The van der Waals surface area contributed by atoms with Gasteiger partial charge in [0.1, 0.15) is 12.1 Å². The smallest absolute Gasteiger partial charge is 0.320 e. The zero-order chi connectivity index (χ0) is 19.5. The van der Waals surface area contributed by atoms with E-state index in [1.54, 1.807) is 0 Å². The third-order valence-electron chi connectivity index (χ3n) is 4.80. The van der Waals surface area contributed by atoms with E-state index in [1.807, 2.05) is 0 Å². The molecular formula is C18H20N2O6. The molecule has 6 N–H and O–H groups in total. The molecule has 8 heteroatoms. The van der Waals surface area contributed by atoms with Gasteiger partial charge in [-0.1, -0.05) is 24.3 Å². The molecule has 2 aliphatic rings. The fourth-order valence-electron chi connectivity index (χ4n) is 3.32. The van der Waals surface area contributed by atoms with E-state index in [1.165, 1.54) is 48.6 Å². The number of carboxylic acids is 2. The molecule has 0 saturated carbocycles. The molecule has 2 atom stereocenters. The van der Waals surface area contributed by atoms with E-state index in [0.29, 0.717) is 0 Å². The number of hydrogen-bond donors (Lipinski definition) is 4. The molecule has 2 aliphatic carbocycles. The van der Waals surface area contributed by atoms with Gasteiger partial charge >= 0.3 is 11.9 Å². The normalized spacial score (nSPS) is 22.2. The predicted octanol–water partition coefficient (Wildman–Crippen LogP) is -0.0466. The molecule has 0 aromatic heterocycles. The Kier molecular flexibility index (Phi) is 5.38. The van der Waals surface area contributed by atoms with Gasteiger partial charge in [0, 0.05) is 10.8 Å². The van der Waals surface area contributed by atoms with Crippen molar-refractivity contribution in [2.24, 2.45) is 22.3 Å². The van der Waals surface area contributed by atoms with Gasteiger partial charge in [0.2, 0.25) is 0 Å². The topological polar surface area (TPSA) is 161 Å². The summed E-state index contributed by atoms with van der Waals surface area (Å²) < 4.78 is 0. The van der Waals surface area contributed by atoms with Crippen molar-refractivity contribution in [3.05, 3.63) is 48.6 Å². The number of carbonyl (C=O) groups is 4. The van der Waals surface area contributed by atoms with Gasteiger partial charge in [0.15, 0.2) is 11.6 Å². The van der Waals surface area contributed by atoms with Crippen LogP contribution in [0.25, 0.3) is 0 Å². The fourth-order valence-corrected chi connectivity index (χ4v) is 3.32. The molecule has 0 aliphatic heterocycles. The summed E-state index contributed by atoms with van der Waals surface area (Å²) in [6, 6.07) is -2.54. The minimum absolute atomic E-state index is 0.113. The second-order valence-electron chi connectivity index (χ2n) is 6.52. The van der Waals surface area contributed by atoms with Crippen molar-refractivity contribution in [1.29, 1.82) is 0 Å². The molecule has 2 rings (SSSR count). The summed E-state index contributed by atoms with van der Waals surface area (Å²) in [5.74, 6) is -3.05. The Bertz CT molecular complexity index is 666. The number of allylic oxidation sites excluding steroid dienone is 8. The lowest BCUT2D eigenvalue weighted by molar-refractivity contribution is -0.141. The van der Waals surface area contributed by atoms with Crippen molar-refractivity contribution < 1.29 is 29.4 Å². The third kappa shape index (κ3) is 3.71. The summed E-state index contributed by atoms with van der Waals surface area (Å²) in [7, 11) is 0. The highest BCUT2D eigenvalue weighted by molar-refractivity contribution is 6.01. The van der Waals surface area contributed by atoms with Crippen molar-refractivity contribution in [3.8, 4) is 0 Å². The molecule has 0 saturated heterocycles. The number of aliphatic carboxylic acids is 2. The van der Waals surface area contributed by atoms with Crippen LogP contribution in [0.15, 0.2) is 48.6 Å². The second kappa shape index (κ2) is 7.19. The molecule has 0 heterocycles. The number of hydrogen-bond acceptors (Lipinski definition) is 6. The summed E-state index contributed by atoms with van der Waals surface area (Å²) in [5, 5.41) is 18.4. The minimum atomic E-state index is -1.27. The lowest BCUT2D eigenvalue weighted by atomic mass is 9.55. The van der Waals surface area contributed by atoms with E-state index in [2.05, 4.69) is 0 Å². The molecule has 26 heavy (non-hydrogen) atoms. The monoisotopic (exact) mass is 360 g/mol. The molecule has 0 aromatic carbocycles. The van der Waals surface area contributed by atoms with E-state index < -0.39 is 34.9 Å². The lowest BCUT2D eigenvalue weighted by Gasteiger charge is -2.47. The predicted molar refractivity (Wildman–Crippen MR) is 91.9 cm³/mol. The highest BCUT2D eigenvalue weighted by atomic mass is 16.4. The fraction of sp³-hybridized carbons (Fsp3) is 0.333. The first kappa shape index (κ1) is 19.5. The zero-order valence-corrected chi connectivity index (χ0v) is 13.9. The molecule has 0 bridgehead atoms. The van der Waals surface area contributed by atoms with Crippen LogP contribution in [0.4, 0.5) is 0 Å². The van der Waals surface area contributed by atoms with Crippen molar-refractivity contribution in [2.45, 2.75) is 24.9 Å². The highest BCUT2D eigenvalue weighted by Gasteiger charge is 2.49. The van der Waals surface area contributed by atoms with Gasteiger partial charge in [-0.3, -0.25) is 19.2 Å². The molecule has 0 unspecified atom stereocenters. The van der Waals surface area contributed by atoms with E-state index >= 15 is 0 Å². The maximum atomic E-state index is 11.6. The SMILES string of the molecule is N[C@@H](CC1(C2(C[C@H](N)C(=O)O)C=CC(=O)C=C2)C=CC(=O)C=C1)C(=O)O. The quantitative estimate of drug-likeness (QED) is 0.491. The number of nitrogens with two attached hydrogens (primary N) is 2. The van der Waals surface area contributed by atoms with Gasteiger partial charge in [-0.2, -0.15) is 0 Å². The van der Waals surface area contributed by atoms with Crippen molar-refractivity contribution >= 4 is 23.5 Å². The zero-order valence-electron chi connectivity index (χ0n) is 13.9. The number of carboxylic acid groups (broad SMARTS) is 2. The molecule has 0 amide bonds. The molecule has 0 aromatic rings. The number of rotatable bonds is 7. The van der Waals surface area contributed by atoms with Gasteiger partial charge in [-0.05, 0) is 37.1 Å². The number of carbonyl (C=O) groups excluding carboxylic acids is 2. The Morgan fingerprint density at radius 2 is 1.04 bits per heavy atom. The van der Waals surface area contributed by atoms with Crippen LogP contribution in [0.2, 0.25) is 0 Å². The lowest BCUT2D eigenvalue weighted by Crippen LogP contribution is -2.49. The van der Waals surface area contributed by atoms with Crippen LogP contribution in [0.1, 0.15) is 12.8 Å². The van der Waals surface area contributed by atoms with Gasteiger partial charge in [0.05, 0.1) is 0 Å². The number of ketones is 2. The summed E-state index contributed by atoms with van der Waals surface area (Å²) >= 11 is 0.